The van der Waals surface area contributed by atoms with Crippen LogP contribution in [0.25, 0.3) is 10.6 Å². The number of terminal acetylenes is 1. The van der Waals surface area contributed by atoms with Crippen molar-refractivity contribution in [1.29, 1.82) is 0 Å². The quantitative estimate of drug-likeness (QED) is 0.676. The second-order valence-electron chi connectivity index (χ2n) is 4.09. The third-order valence-corrected chi connectivity index (χ3v) is 4.75. The Bertz CT molecular complexity index is 671. The van der Waals surface area contributed by atoms with Crippen molar-refractivity contribution in [2.75, 3.05) is 5.75 Å². The van der Waals surface area contributed by atoms with Crippen molar-refractivity contribution in [3.63, 3.8) is 0 Å². The van der Waals surface area contributed by atoms with Gasteiger partial charge in [-0.15, -0.1) is 29.5 Å². The summed E-state index contributed by atoms with van der Waals surface area (Å²) in [6.07, 6.45) is 5.25. The first-order valence-corrected chi connectivity index (χ1v) is 7.90. The molecule has 0 aliphatic rings. The number of aromatic nitrogens is 1. The van der Waals surface area contributed by atoms with Gasteiger partial charge in [-0.25, -0.2) is 9.78 Å². The van der Waals surface area contributed by atoms with Gasteiger partial charge in [0.05, 0.1) is 11.4 Å². The summed E-state index contributed by atoms with van der Waals surface area (Å²) in [5, 5.41) is 9.86. The van der Waals surface area contributed by atoms with E-state index in [0.717, 1.165) is 21.9 Å². The first kappa shape index (κ1) is 14.6. The third kappa shape index (κ3) is 3.21. The van der Waals surface area contributed by atoms with E-state index in [1.54, 1.807) is 18.7 Å². The van der Waals surface area contributed by atoms with Crippen LogP contribution in [0, 0.1) is 19.3 Å². The smallest absolute Gasteiger partial charge is 0.347 e. The molecule has 0 aliphatic heterocycles. The maximum atomic E-state index is 11.1. The van der Waals surface area contributed by atoms with E-state index in [9.17, 15) is 4.79 Å². The molecule has 2 rings (SSSR count). The molecule has 0 bridgehead atoms. The lowest BCUT2D eigenvalue weighted by molar-refractivity contribution is 0.0701. The summed E-state index contributed by atoms with van der Waals surface area (Å²) in [7, 11) is 0. The number of hydrogen-bond acceptors (Lipinski definition) is 4. The number of thioether (sulfide) groups is 1. The Labute approximate surface area is 126 Å². The molecule has 20 heavy (non-hydrogen) atoms. The van der Waals surface area contributed by atoms with Crippen molar-refractivity contribution < 1.29 is 9.90 Å². The standard InChI is InChI=1S/C15H13NO2S2/c1-3-8-19-9-11-6-4-5-7-12(11)14-16-10(2)13(20-14)15(17)18/h1,4-7H,8-9H2,2H3,(H,17,18). The van der Waals surface area contributed by atoms with Crippen LogP contribution in [0.5, 0.6) is 0 Å². The van der Waals surface area contributed by atoms with Gasteiger partial charge in [-0.3, -0.25) is 0 Å². The van der Waals surface area contributed by atoms with E-state index in [4.69, 9.17) is 11.5 Å². The van der Waals surface area contributed by atoms with E-state index in [2.05, 4.69) is 10.9 Å². The van der Waals surface area contributed by atoms with Crippen LogP contribution in [0.1, 0.15) is 20.9 Å². The summed E-state index contributed by atoms with van der Waals surface area (Å²) in [6.45, 7) is 1.72. The molecule has 5 heteroatoms. The Morgan fingerprint density at radius 1 is 1.50 bits per heavy atom. The number of carboxylic acids is 1. The van der Waals surface area contributed by atoms with Gasteiger partial charge in [-0.2, -0.15) is 0 Å². The van der Waals surface area contributed by atoms with Crippen LogP contribution in [0.3, 0.4) is 0 Å². The van der Waals surface area contributed by atoms with E-state index < -0.39 is 5.97 Å². The molecule has 0 fully saturated rings. The van der Waals surface area contributed by atoms with Crippen LogP contribution in [-0.4, -0.2) is 21.8 Å². The van der Waals surface area contributed by atoms with E-state index in [0.29, 0.717) is 16.3 Å². The van der Waals surface area contributed by atoms with Crippen molar-refractivity contribution in [1.82, 2.24) is 4.98 Å². The minimum atomic E-state index is -0.926. The highest BCUT2D eigenvalue weighted by Crippen LogP contribution is 2.31. The molecule has 1 heterocycles. The fourth-order valence-corrected chi connectivity index (χ4v) is 3.44. The molecule has 3 nitrogen and oxygen atoms in total. The van der Waals surface area contributed by atoms with E-state index >= 15 is 0 Å². The summed E-state index contributed by atoms with van der Waals surface area (Å²) in [6, 6.07) is 7.89. The largest absolute Gasteiger partial charge is 0.477 e. The summed E-state index contributed by atoms with van der Waals surface area (Å²) < 4.78 is 0. The van der Waals surface area contributed by atoms with Crippen LogP contribution < -0.4 is 0 Å². The molecular weight excluding hydrogens is 290 g/mol. The minimum Gasteiger partial charge on any atom is -0.477 e. The molecule has 1 aromatic carbocycles. The fourth-order valence-electron chi connectivity index (χ4n) is 1.78. The molecule has 0 atom stereocenters. The van der Waals surface area contributed by atoms with Gasteiger partial charge < -0.3 is 5.11 Å². The first-order chi connectivity index (χ1) is 9.63. The molecule has 102 valence electrons. The van der Waals surface area contributed by atoms with Crippen LogP contribution in [0.15, 0.2) is 24.3 Å². The van der Waals surface area contributed by atoms with Crippen molar-refractivity contribution in [3.05, 3.63) is 40.4 Å². The lowest BCUT2D eigenvalue weighted by atomic mass is 10.1. The molecule has 0 spiro atoms. The highest BCUT2D eigenvalue weighted by Gasteiger charge is 2.16. The SMILES string of the molecule is C#CCSCc1ccccc1-c1nc(C)c(C(=O)O)s1. The van der Waals surface area contributed by atoms with Gasteiger partial charge in [0.15, 0.2) is 0 Å². The second-order valence-corrected chi connectivity index (χ2v) is 6.08. The van der Waals surface area contributed by atoms with Crippen molar-refractivity contribution in [2.24, 2.45) is 0 Å². The Kier molecular flexibility index (Phi) is 4.83. The zero-order valence-corrected chi connectivity index (χ0v) is 12.6. The topological polar surface area (TPSA) is 50.2 Å². The number of hydrogen-bond donors (Lipinski definition) is 1. The molecule has 0 radical (unpaired) electrons. The van der Waals surface area contributed by atoms with Gasteiger partial charge in [-0.1, -0.05) is 30.2 Å². The summed E-state index contributed by atoms with van der Waals surface area (Å²) in [4.78, 5) is 15.8. The van der Waals surface area contributed by atoms with E-state index in [1.165, 1.54) is 11.3 Å². The van der Waals surface area contributed by atoms with Crippen molar-refractivity contribution in [2.45, 2.75) is 12.7 Å². The normalized spacial score (nSPS) is 10.2. The van der Waals surface area contributed by atoms with Crippen molar-refractivity contribution >= 4 is 29.1 Å². The number of aromatic carboxylic acids is 1. The van der Waals surface area contributed by atoms with Gasteiger partial charge in [-0.05, 0) is 12.5 Å². The molecule has 0 unspecified atom stereocenters. The Hall–Kier alpha value is -1.77. The monoisotopic (exact) mass is 303 g/mol. The molecule has 0 saturated heterocycles. The van der Waals surface area contributed by atoms with Crippen LogP contribution in [0.4, 0.5) is 0 Å². The third-order valence-electron chi connectivity index (χ3n) is 2.68. The molecule has 0 saturated carbocycles. The highest BCUT2D eigenvalue weighted by atomic mass is 32.2. The van der Waals surface area contributed by atoms with Gasteiger partial charge in [0.1, 0.15) is 9.88 Å². The van der Waals surface area contributed by atoms with Crippen molar-refractivity contribution in [3.8, 4) is 22.9 Å². The Morgan fingerprint density at radius 2 is 2.25 bits per heavy atom. The molecule has 1 aromatic heterocycles. The Balaban J connectivity index is 2.35. The predicted octanol–water partition coefficient (Wildman–Crippen LogP) is 3.68. The van der Waals surface area contributed by atoms with Gasteiger partial charge in [0, 0.05) is 11.3 Å². The van der Waals surface area contributed by atoms with Crippen LogP contribution in [-0.2, 0) is 5.75 Å². The average molecular weight is 303 g/mol. The van der Waals surface area contributed by atoms with Gasteiger partial charge in [0.25, 0.3) is 0 Å². The van der Waals surface area contributed by atoms with E-state index in [1.807, 2.05) is 24.3 Å². The van der Waals surface area contributed by atoms with Crippen LogP contribution in [0.2, 0.25) is 0 Å². The molecule has 1 N–H and O–H groups in total. The number of aryl methyl sites for hydroxylation is 1. The number of benzene rings is 1. The van der Waals surface area contributed by atoms with Gasteiger partial charge in [0.2, 0.25) is 0 Å². The predicted molar refractivity (Wildman–Crippen MR) is 84.2 cm³/mol. The molecule has 0 amide bonds. The first-order valence-electron chi connectivity index (χ1n) is 5.93. The lowest BCUT2D eigenvalue weighted by Gasteiger charge is -2.05. The van der Waals surface area contributed by atoms with Crippen LogP contribution >= 0.6 is 23.1 Å². The average Bonchev–Trinajstić information content (AvgIpc) is 2.82. The van der Waals surface area contributed by atoms with E-state index in [-0.39, 0.29) is 0 Å². The molecule has 2 aromatic rings. The number of carboxylic acid groups (broad SMARTS) is 1. The zero-order valence-electron chi connectivity index (χ0n) is 10.9. The summed E-state index contributed by atoms with van der Waals surface area (Å²) in [5.41, 5.74) is 2.67. The molecule has 0 aliphatic carbocycles. The highest BCUT2D eigenvalue weighted by molar-refractivity contribution is 7.98. The molecular formula is C15H13NO2S2. The lowest BCUT2D eigenvalue weighted by Crippen LogP contribution is -1.94. The zero-order chi connectivity index (χ0) is 14.5. The number of carbonyl (C=O) groups is 1. The minimum absolute atomic E-state index is 0.297. The number of thiazole rings is 1. The number of nitrogens with zero attached hydrogens (tertiary/aromatic N) is 1. The maximum Gasteiger partial charge on any atom is 0.347 e. The second kappa shape index (κ2) is 6.60. The summed E-state index contributed by atoms with van der Waals surface area (Å²) in [5.74, 6) is 3.12. The Morgan fingerprint density at radius 3 is 2.90 bits per heavy atom. The van der Waals surface area contributed by atoms with Gasteiger partial charge >= 0.3 is 5.97 Å². The summed E-state index contributed by atoms with van der Waals surface area (Å²) >= 11 is 2.87. The number of rotatable bonds is 5. The maximum absolute atomic E-state index is 11.1. The fraction of sp³-hybridized carbons (Fsp3) is 0.200.